The third kappa shape index (κ3) is 2.39. The smallest absolute Gasteiger partial charge is 0.0740 e. The number of aryl methyl sites for hydroxylation is 1. The van der Waals surface area contributed by atoms with Crippen LogP contribution in [0, 0.1) is 0 Å². The molecule has 0 amide bonds. The van der Waals surface area contributed by atoms with Gasteiger partial charge >= 0.3 is 0 Å². The Morgan fingerprint density at radius 2 is 1.89 bits per heavy atom. The zero-order valence-electron chi connectivity index (χ0n) is 11.6. The molecule has 1 aromatic carbocycles. The molecule has 0 aliphatic carbocycles. The molecule has 18 heavy (non-hydrogen) atoms. The van der Waals surface area contributed by atoms with Crippen LogP contribution in [0.1, 0.15) is 44.5 Å². The van der Waals surface area contributed by atoms with E-state index in [1.165, 1.54) is 16.5 Å². The maximum Gasteiger partial charge on any atom is 0.0740 e. The van der Waals surface area contributed by atoms with Gasteiger partial charge in [0, 0.05) is 22.2 Å². The lowest BCUT2D eigenvalue weighted by atomic mass is 9.89. The summed E-state index contributed by atoms with van der Waals surface area (Å²) in [5, 5.41) is 1.25. The van der Waals surface area contributed by atoms with Crippen molar-refractivity contribution in [3.8, 4) is 0 Å². The third-order valence-corrected chi connectivity index (χ3v) is 3.67. The summed E-state index contributed by atoms with van der Waals surface area (Å²) < 4.78 is 0. The summed E-state index contributed by atoms with van der Waals surface area (Å²) in [5.74, 6) is 0.759. The lowest BCUT2D eigenvalue weighted by molar-refractivity contribution is 0.571. The first kappa shape index (κ1) is 13.4. The first-order valence-corrected chi connectivity index (χ1v) is 7.13. The van der Waals surface area contributed by atoms with Gasteiger partial charge in [-0.3, -0.25) is 4.98 Å². The summed E-state index contributed by atoms with van der Waals surface area (Å²) in [6.45, 7) is 8.80. The first-order valence-electron chi connectivity index (χ1n) is 6.50. The predicted molar refractivity (Wildman–Crippen MR) is 82.5 cm³/mol. The highest BCUT2D eigenvalue weighted by atomic mass is 32.1. The van der Waals surface area contributed by atoms with Gasteiger partial charge in [0.2, 0.25) is 0 Å². The van der Waals surface area contributed by atoms with Crippen molar-refractivity contribution >= 4 is 23.5 Å². The Morgan fingerprint density at radius 1 is 1.17 bits per heavy atom. The van der Waals surface area contributed by atoms with E-state index in [0.29, 0.717) is 0 Å². The maximum absolute atomic E-state index is 4.89. The molecule has 0 unspecified atom stereocenters. The van der Waals surface area contributed by atoms with Gasteiger partial charge in [-0.05, 0) is 23.6 Å². The van der Waals surface area contributed by atoms with Gasteiger partial charge in [0.05, 0.1) is 5.52 Å². The third-order valence-electron chi connectivity index (χ3n) is 3.33. The zero-order chi connectivity index (χ0) is 13.3. The van der Waals surface area contributed by atoms with Gasteiger partial charge in [-0.2, -0.15) is 12.6 Å². The fourth-order valence-electron chi connectivity index (χ4n) is 2.18. The molecule has 0 fully saturated rings. The number of pyridine rings is 1. The molecule has 1 aromatic heterocycles. The van der Waals surface area contributed by atoms with E-state index in [-0.39, 0.29) is 5.41 Å². The van der Waals surface area contributed by atoms with E-state index in [0.717, 1.165) is 23.4 Å². The molecule has 0 bridgehead atoms. The molecule has 0 radical (unpaired) electrons. The van der Waals surface area contributed by atoms with Gasteiger partial charge in [0.1, 0.15) is 0 Å². The quantitative estimate of drug-likeness (QED) is 0.782. The Hall–Kier alpha value is -1.02. The summed E-state index contributed by atoms with van der Waals surface area (Å²) in [4.78, 5) is 4.89. The molecule has 1 nitrogen and oxygen atoms in total. The van der Waals surface area contributed by atoms with Crippen molar-refractivity contribution < 1.29 is 0 Å². The Balaban J connectivity index is 2.80. The van der Waals surface area contributed by atoms with Crippen molar-refractivity contribution in [1.82, 2.24) is 4.98 Å². The molecule has 0 aliphatic heterocycles. The van der Waals surface area contributed by atoms with E-state index < -0.39 is 0 Å². The summed E-state index contributed by atoms with van der Waals surface area (Å²) in [5.41, 5.74) is 4.98. The molecular formula is C16H21NS. The minimum Gasteiger partial charge on any atom is -0.252 e. The van der Waals surface area contributed by atoms with Gasteiger partial charge < -0.3 is 0 Å². The van der Waals surface area contributed by atoms with E-state index >= 15 is 0 Å². The number of para-hydroxylation sites is 1. The number of benzene rings is 1. The fourth-order valence-corrected chi connectivity index (χ4v) is 2.44. The highest BCUT2D eigenvalue weighted by Gasteiger charge is 2.18. The van der Waals surface area contributed by atoms with Crippen molar-refractivity contribution in [3.63, 3.8) is 0 Å². The van der Waals surface area contributed by atoms with Gasteiger partial charge in [0.15, 0.2) is 0 Å². The number of thiol groups is 1. The number of rotatable bonds is 2. The molecule has 0 N–H and O–H groups in total. The SMILES string of the molecule is CCc1cccc2c(CS)cc(C(C)(C)C)nc12. The summed E-state index contributed by atoms with van der Waals surface area (Å²) in [6.07, 6.45) is 1.02. The lowest BCUT2D eigenvalue weighted by Gasteiger charge is -2.20. The van der Waals surface area contributed by atoms with Gasteiger partial charge in [-0.1, -0.05) is 45.9 Å². The van der Waals surface area contributed by atoms with E-state index in [1.807, 2.05) is 0 Å². The second-order valence-corrected chi connectivity index (χ2v) is 6.06. The van der Waals surface area contributed by atoms with Gasteiger partial charge in [0.25, 0.3) is 0 Å². The van der Waals surface area contributed by atoms with Crippen molar-refractivity contribution in [2.75, 3.05) is 0 Å². The predicted octanol–water partition coefficient (Wildman–Crippen LogP) is 4.52. The van der Waals surface area contributed by atoms with Crippen molar-refractivity contribution in [2.45, 2.75) is 45.3 Å². The minimum atomic E-state index is 0.0761. The number of aromatic nitrogens is 1. The van der Waals surface area contributed by atoms with Crippen LogP contribution < -0.4 is 0 Å². The van der Waals surface area contributed by atoms with E-state index in [1.54, 1.807) is 0 Å². The highest BCUT2D eigenvalue weighted by Crippen LogP contribution is 2.28. The van der Waals surface area contributed by atoms with E-state index in [2.05, 4.69) is 64.6 Å². The lowest BCUT2D eigenvalue weighted by Crippen LogP contribution is -2.14. The molecule has 2 aromatic rings. The average Bonchev–Trinajstić information content (AvgIpc) is 2.35. The summed E-state index contributed by atoms with van der Waals surface area (Å²) in [7, 11) is 0. The van der Waals surface area contributed by atoms with E-state index in [4.69, 9.17) is 4.98 Å². The average molecular weight is 259 g/mol. The van der Waals surface area contributed by atoms with Crippen LogP contribution in [0.25, 0.3) is 10.9 Å². The number of hydrogen-bond donors (Lipinski definition) is 1. The maximum atomic E-state index is 4.89. The van der Waals surface area contributed by atoms with Crippen LogP contribution in [-0.2, 0) is 17.6 Å². The molecule has 0 saturated carbocycles. The van der Waals surface area contributed by atoms with Crippen LogP contribution >= 0.6 is 12.6 Å². The monoisotopic (exact) mass is 259 g/mol. The molecule has 1 heterocycles. The second-order valence-electron chi connectivity index (χ2n) is 5.74. The van der Waals surface area contributed by atoms with Crippen LogP contribution in [0.15, 0.2) is 24.3 Å². The first-order chi connectivity index (χ1) is 8.47. The molecule has 96 valence electrons. The molecule has 2 rings (SSSR count). The molecule has 0 saturated heterocycles. The minimum absolute atomic E-state index is 0.0761. The zero-order valence-corrected chi connectivity index (χ0v) is 12.5. The van der Waals surface area contributed by atoms with Crippen molar-refractivity contribution in [1.29, 1.82) is 0 Å². The molecular weight excluding hydrogens is 238 g/mol. The van der Waals surface area contributed by atoms with Crippen LogP contribution in [0.2, 0.25) is 0 Å². The number of fused-ring (bicyclic) bond motifs is 1. The standard InChI is InChI=1S/C16H21NS/c1-5-11-7-6-8-13-12(10-18)9-14(16(2,3)4)17-15(11)13/h6-9,18H,5,10H2,1-4H3. The Bertz CT molecular complexity index is 567. The topological polar surface area (TPSA) is 12.9 Å². The molecule has 2 heteroatoms. The normalized spacial score (nSPS) is 12.1. The van der Waals surface area contributed by atoms with Crippen molar-refractivity contribution in [2.24, 2.45) is 0 Å². The number of nitrogens with zero attached hydrogens (tertiary/aromatic N) is 1. The Kier molecular flexibility index (Phi) is 3.67. The summed E-state index contributed by atoms with van der Waals surface area (Å²) in [6, 6.07) is 8.64. The second kappa shape index (κ2) is 4.93. The van der Waals surface area contributed by atoms with Gasteiger partial charge in [-0.25, -0.2) is 0 Å². The fraction of sp³-hybridized carbons (Fsp3) is 0.438. The molecule has 0 spiro atoms. The molecule has 0 aliphatic rings. The van der Waals surface area contributed by atoms with Gasteiger partial charge in [-0.15, -0.1) is 0 Å². The van der Waals surface area contributed by atoms with E-state index in [9.17, 15) is 0 Å². The van der Waals surface area contributed by atoms with Crippen LogP contribution in [-0.4, -0.2) is 4.98 Å². The Labute approximate surface area is 115 Å². The highest BCUT2D eigenvalue weighted by molar-refractivity contribution is 7.79. The van der Waals surface area contributed by atoms with Crippen LogP contribution in [0.4, 0.5) is 0 Å². The summed E-state index contributed by atoms with van der Waals surface area (Å²) >= 11 is 4.46. The number of hydrogen-bond acceptors (Lipinski definition) is 2. The van der Waals surface area contributed by atoms with Crippen LogP contribution in [0.5, 0.6) is 0 Å². The van der Waals surface area contributed by atoms with Crippen molar-refractivity contribution in [3.05, 3.63) is 41.1 Å². The molecule has 0 atom stereocenters. The Morgan fingerprint density at radius 3 is 2.44 bits per heavy atom. The van der Waals surface area contributed by atoms with Crippen LogP contribution in [0.3, 0.4) is 0 Å². The largest absolute Gasteiger partial charge is 0.252 e.